The fraction of sp³-hybridized carbons (Fsp3) is 1.00. The predicted molar refractivity (Wildman–Crippen MR) is 139 cm³/mol. The first-order valence-electron chi connectivity index (χ1n) is 13.0. The van der Waals surface area contributed by atoms with Gasteiger partial charge in [0.05, 0.1) is 0 Å². The van der Waals surface area contributed by atoms with Crippen molar-refractivity contribution in [3.63, 3.8) is 0 Å². The van der Waals surface area contributed by atoms with Gasteiger partial charge in [-0.1, -0.05) is 20.8 Å². The van der Waals surface area contributed by atoms with E-state index in [0.717, 1.165) is 38.9 Å². The van der Waals surface area contributed by atoms with E-state index in [4.69, 9.17) is 8.85 Å². The van der Waals surface area contributed by atoms with Crippen molar-refractivity contribution in [1.82, 2.24) is 14.7 Å². The molecule has 0 aromatic carbocycles. The Bertz CT molecular complexity index is 379. The summed E-state index contributed by atoms with van der Waals surface area (Å²) in [6.45, 7) is 21.7. The average Bonchev–Trinajstić information content (AvgIpc) is 2.73. The normalized spacial score (nSPS) is 13.2. The number of hydrogen-bond donors (Lipinski definition) is 0. The molecule has 0 fully saturated rings. The summed E-state index contributed by atoms with van der Waals surface area (Å²) < 4.78 is 12.7. The Hall–Kier alpha value is 0.0169. The molecule has 0 saturated heterocycles. The molecule has 0 aliphatic rings. The maximum absolute atomic E-state index is 6.36. The van der Waals surface area contributed by atoms with E-state index in [1.807, 2.05) is 0 Å². The molecule has 0 aliphatic heterocycles. The van der Waals surface area contributed by atoms with E-state index < -0.39 is 8.56 Å². The Labute approximate surface area is 197 Å². The third-order valence-electron chi connectivity index (χ3n) is 6.96. The van der Waals surface area contributed by atoms with E-state index in [9.17, 15) is 0 Å². The van der Waals surface area contributed by atoms with Crippen molar-refractivity contribution in [2.24, 2.45) is 5.41 Å². The number of nitrogens with zero attached hydrogens (tertiary/aromatic N) is 3. The highest BCUT2D eigenvalue weighted by Crippen LogP contribution is 2.43. The third kappa shape index (κ3) is 14.0. The largest absolute Gasteiger partial charge is 0.395 e. The summed E-state index contributed by atoms with van der Waals surface area (Å²) in [5, 5.41) is 0. The molecule has 188 valence electrons. The Kier molecular flexibility index (Phi) is 17.5. The predicted octanol–water partition coefficient (Wildman–Crippen LogP) is 5.31. The standard InChI is InChI=1S/C25H57N3O2Si/c1-10-26(6)21-15-18-25(19-16-22-27(7)11-2,20-17-23-28(8)12-3)24-31(9,29-13-4)30-14-5/h10-24H2,1-9H3. The van der Waals surface area contributed by atoms with Crippen LogP contribution in [0.1, 0.15) is 73.1 Å². The van der Waals surface area contributed by atoms with Crippen LogP contribution in [0.2, 0.25) is 12.6 Å². The first-order chi connectivity index (χ1) is 14.7. The lowest BCUT2D eigenvalue weighted by Gasteiger charge is -2.41. The Balaban J connectivity index is 5.57. The summed E-state index contributed by atoms with van der Waals surface area (Å²) in [7, 11) is 4.55. The molecule has 0 saturated carbocycles. The summed E-state index contributed by atoms with van der Waals surface area (Å²) in [6.07, 6.45) is 7.64. The maximum Gasteiger partial charge on any atom is 0.335 e. The molecule has 0 aromatic heterocycles. The van der Waals surface area contributed by atoms with Crippen LogP contribution in [0.4, 0.5) is 0 Å². The highest BCUT2D eigenvalue weighted by Gasteiger charge is 2.42. The van der Waals surface area contributed by atoms with Gasteiger partial charge in [0, 0.05) is 13.2 Å². The minimum Gasteiger partial charge on any atom is -0.395 e. The minimum atomic E-state index is -2.18. The molecule has 31 heavy (non-hydrogen) atoms. The van der Waals surface area contributed by atoms with E-state index in [2.05, 4.69) is 77.0 Å². The van der Waals surface area contributed by atoms with Gasteiger partial charge in [-0.2, -0.15) is 0 Å². The highest BCUT2D eigenvalue weighted by molar-refractivity contribution is 6.66. The van der Waals surface area contributed by atoms with Crippen LogP contribution < -0.4 is 0 Å². The molecule has 5 nitrogen and oxygen atoms in total. The smallest absolute Gasteiger partial charge is 0.335 e. The van der Waals surface area contributed by atoms with Gasteiger partial charge in [0.2, 0.25) is 0 Å². The Morgan fingerprint density at radius 1 is 0.613 bits per heavy atom. The summed E-state index contributed by atoms with van der Waals surface area (Å²) in [5.74, 6) is 0. The first-order valence-corrected chi connectivity index (χ1v) is 15.6. The summed E-state index contributed by atoms with van der Waals surface area (Å²) in [4.78, 5) is 7.34. The lowest BCUT2D eigenvalue weighted by Crippen LogP contribution is -2.45. The molecule has 0 radical (unpaired) electrons. The molecule has 0 unspecified atom stereocenters. The SMILES string of the molecule is CCO[Si](C)(CC(CCCN(C)CC)(CCCN(C)CC)CCCN(C)CC)OCC. The van der Waals surface area contributed by atoms with Crippen LogP contribution in [-0.2, 0) is 8.85 Å². The molecule has 0 amide bonds. The van der Waals surface area contributed by atoms with E-state index in [1.54, 1.807) is 0 Å². The number of rotatable bonds is 21. The second kappa shape index (κ2) is 17.5. The van der Waals surface area contributed by atoms with Gasteiger partial charge in [0.25, 0.3) is 0 Å². The summed E-state index contributed by atoms with van der Waals surface area (Å²) in [6, 6.07) is 1.13. The minimum absolute atomic E-state index is 0.322. The average molecular weight is 460 g/mol. The van der Waals surface area contributed by atoms with Gasteiger partial charge in [-0.05, 0) is 131 Å². The van der Waals surface area contributed by atoms with Gasteiger partial charge in [0.15, 0.2) is 0 Å². The molecule has 0 aromatic rings. The van der Waals surface area contributed by atoms with E-state index in [-0.39, 0.29) is 0 Å². The molecule has 0 heterocycles. The molecule has 0 bridgehead atoms. The third-order valence-corrected chi connectivity index (χ3v) is 10.1. The van der Waals surface area contributed by atoms with Crippen molar-refractivity contribution in [2.75, 3.05) is 73.6 Å². The van der Waals surface area contributed by atoms with Crippen LogP contribution in [0.25, 0.3) is 0 Å². The summed E-state index contributed by atoms with van der Waals surface area (Å²) >= 11 is 0. The number of hydrogen-bond acceptors (Lipinski definition) is 5. The van der Waals surface area contributed by atoms with E-state index >= 15 is 0 Å². The zero-order valence-corrected chi connectivity index (χ0v) is 23.8. The van der Waals surface area contributed by atoms with Crippen molar-refractivity contribution in [3.05, 3.63) is 0 Å². The monoisotopic (exact) mass is 459 g/mol. The van der Waals surface area contributed by atoms with Crippen LogP contribution in [0.5, 0.6) is 0 Å². The molecule has 6 heteroatoms. The second-order valence-corrected chi connectivity index (χ2v) is 12.9. The molecule has 0 aliphatic carbocycles. The van der Waals surface area contributed by atoms with E-state index in [0.29, 0.717) is 5.41 Å². The van der Waals surface area contributed by atoms with Crippen molar-refractivity contribution in [2.45, 2.75) is 85.7 Å². The van der Waals surface area contributed by atoms with Crippen LogP contribution >= 0.6 is 0 Å². The van der Waals surface area contributed by atoms with Gasteiger partial charge in [0.1, 0.15) is 0 Å². The van der Waals surface area contributed by atoms with Crippen molar-refractivity contribution >= 4 is 8.56 Å². The van der Waals surface area contributed by atoms with Gasteiger partial charge < -0.3 is 23.6 Å². The van der Waals surface area contributed by atoms with Crippen LogP contribution in [0.3, 0.4) is 0 Å². The molecular formula is C25H57N3O2Si. The van der Waals surface area contributed by atoms with Crippen LogP contribution in [-0.4, -0.2) is 96.9 Å². The molecule has 0 spiro atoms. The molecule has 0 rings (SSSR count). The van der Waals surface area contributed by atoms with Crippen LogP contribution in [0.15, 0.2) is 0 Å². The summed E-state index contributed by atoms with van der Waals surface area (Å²) in [5.41, 5.74) is 0.322. The van der Waals surface area contributed by atoms with Crippen molar-refractivity contribution < 1.29 is 8.85 Å². The topological polar surface area (TPSA) is 28.2 Å². The lowest BCUT2D eigenvalue weighted by atomic mass is 9.76. The fourth-order valence-corrected chi connectivity index (χ4v) is 8.12. The Morgan fingerprint density at radius 3 is 1.19 bits per heavy atom. The first kappa shape index (κ1) is 31.0. The van der Waals surface area contributed by atoms with Crippen molar-refractivity contribution in [3.8, 4) is 0 Å². The highest BCUT2D eigenvalue weighted by atomic mass is 28.4. The fourth-order valence-electron chi connectivity index (χ4n) is 4.72. The molecule has 0 atom stereocenters. The van der Waals surface area contributed by atoms with Gasteiger partial charge in [-0.15, -0.1) is 0 Å². The zero-order valence-electron chi connectivity index (χ0n) is 22.8. The quantitative estimate of drug-likeness (QED) is 0.217. The Morgan fingerprint density at radius 2 is 0.935 bits per heavy atom. The van der Waals surface area contributed by atoms with Gasteiger partial charge in [-0.25, -0.2) is 0 Å². The molecule has 0 N–H and O–H groups in total. The lowest BCUT2D eigenvalue weighted by molar-refractivity contribution is 0.141. The van der Waals surface area contributed by atoms with Gasteiger partial charge in [-0.3, -0.25) is 0 Å². The zero-order chi connectivity index (χ0) is 23.8. The second-order valence-electron chi connectivity index (χ2n) is 9.67. The molecular weight excluding hydrogens is 402 g/mol. The van der Waals surface area contributed by atoms with E-state index in [1.165, 1.54) is 58.2 Å². The van der Waals surface area contributed by atoms with Gasteiger partial charge >= 0.3 is 8.56 Å². The maximum atomic E-state index is 6.36. The van der Waals surface area contributed by atoms with Crippen molar-refractivity contribution in [1.29, 1.82) is 0 Å². The van der Waals surface area contributed by atoms with Crippen LogP contribution in [0, 0.1) is 5.41 Å².